The standard InChI is InChI=1S/C18H36N2/c1-4-16(3)18-14-20(12-5-11-19-18)13-10-17-8-6-15(2)7-9-17/h15-19H,4-14H2,1-3H3. The Bertz CT molecular complexity index is 258. The van der Waals surface area contributed by atoms with Crippen LogP contribution in [0.3, 0.4) is 0 Å². The van der Waals surface area contributed by atoms with Crippen molar-refractivity contribution in [1.82, 2.24) is 10.2 Å². The first-order valence-corrected chi connectivity index (χ1v) is 9.14. The Morgan fingerprint density at radius 3 is 2.65 bits per heavy atom. The molecule has 1 aliphatic heterocycles. The Kier molecular flexibility index (Phi) is 6.83. The zero-order valence-corrected chi connectivity index (χ0v) is 14.0. The number of hydrogen-bond donors (Lipinski definition) is 1. The molecule has 1 heterocycles. The van der Waals surface area contributed by atoms with Crippen molar-refractivity contribution in [2.75, 3.05) is 26.2 Å². The topological polar surface area (TPSA) is 15.3 Å². The van der Waals surface area contributed by atoms with Crippen LogP contribution in [0.5, 0.6) is 0 Å². The fourth-order valence-electron chi connectivity index (χ4n) is 3.88. The van der Waals surface area contributed by atoms with Gasteiger partial charge in [-0.25, -0.2) is 0 Å². The summed E-state index contributed by atoms with van der Waals surface area (Å²) in [5.74, 6) is 2.82. The third kappa shape index (κ3) is 5.04. The van der Waals surface area contributed by atoms with Crippen LogP contribution < -0.4 is 5.32 Å². The lowest BCUT2D eigenvalue weighted by molar-refractivity contribution is 0.201. The normalized spacial score (nSPS) is 34.6. The average Bonchev–Trinajstić information content (AvgIpc) is 2.71. The van der Waals surface area contributed by atoms with E-state index < -0.39 is 0 Å². The third-order valence-corrected chi connectivity index (χ3v) is 5.83. The summed E-state index contributed by atoms with van der Waals surface area (Å²) in [5, 5.41) is 3.76. The van der Waals surface area contributed by atoms with E-state index in [1.54, 1.807) is 0 Å². The summed E-state index contributed by atoms with van der Waals surface area (Å²) in [7, 11) is 0. The quantitative estimate of drug-likeness (QED) is 0.821. The Hall–Kier alpha value is -0.0800. The van der Waals surface area contributed by atoms with Crippen LogP contribution in [0.2, 0.25) is 0 Å². The van der Waals surface area contributed by atoms with Gasteiger partial charge in [0.2, 0.25) is 0 Å². The van der Waals surface area contributed by atoms with E-state index in [1.165, 1.54) is 71.1 Å². The van der Waals surface area contributed by atoms with Gasteiger partial charge >= 0.3 is 0 Å². The van der Waals surface area contributed by atoms with Crippen LogP contribution in [0, 0.1) is 17.8 Å². The van der Waals surface area contributed by atoms with Gasteiger partial charge in [-0.3, -0.25) is 0 Å². The summed E-state index contributed by atoms with van der Waals surface area (Å²) in [4.78, 5) is 2.74. The van der Waals surface area contributed by atoms with Crippen LogP contribution in [-0.2, 0) is 0 Å². The van der Waals surface area contributed by atoms with Gasteiger partial charge in [-0.15, -0.1) is 0 Å². The zero-order chi connectivity index (χ0) is 14.4. The molecule has 0 bridgehead atoms. The van der Waals surface area contributed by atoms with Gasteiger partial charge in [-0.05, 0) is 50.2 Å². The van der Waals surface area contributed by atoms with Gasteiger partial charge < -0.3 is 10.2 Å². The highest BCUT2D eigenvalue weighted by Gasteiger charge is 2.23. The van der Waals surface area contributed by atoms with Crippen molar-refractivity contribution in [2.24, 2.45) is 17.8 Å². The summed E-state index contributed by atoms with van der Waals surface area (Å²) in [6.45, 7) is 12.3. The highest BCUT2D eigenvalue weighted by atomic mass is 15.2. The van der Waals surface area contributed by atoms with Crippen molar-refractivity contribution < 1.29 is 0 Å². The Balaban J connectivity index is 1.73. The summed E-state index contributed by atoms with van der Waals surface area (Å²) in [5.41, 5.74) is 0. The maximum atomic E-state index is 3.76. The second-order valence-corrected chi connectivity index (χ2v) is 7.51. The molecule has 2 heteroatoms. The van der Waals surface area contributed by atoms with Gasteiger partial charge in [0.1, 0.15) is 0 Å². The van der Waals surface area contributed by atoms with Gasteiger partial charge in [0.25, 0.3) is 0 Å². The van der Waals surface area contributed by atoms with Crippen LogP contribution in [0.4, 0.5) is 0 Å². The predicted molar refractivity (Wildman–Crippen MR) is 88.0 cm³/mol. The lowest BCUT2D eigenvalue weighted by Gasteiger charge is -2.31. The molecule has 0 amide bonds. The number of nitrogens with zero attached hydrogens (tertiary/aromatic N) is 1. The van der Waals surface area contributed by atoms with E-state index in [0.717, 1.165) is 17.8 Å². The predicted octanol–water partition coefficient (Wildman–Crippen LogP) is 3.91. The molecule has 1 N–H and O–H groups in total. The van der Waals surface area contributed by atoms with Gasteiger partial charge in [0.05, 0.1) is 0 Å². The van der Waals surface area contributed by atoms with Crippen LogP contribution in [-0.4, -0.2) is 37.1 Å². The first-order chi connectivity index (χ1) is 9.69. The molecule has 0 spiro atoms. The molecular weight excluding hydrogens is 244 g/mol. The summed E-state index contributed by atoms with van der Waals surface area (Å²) in [6, 6.07) is 0.717. The fraction of sp³-hybridized carbons (Fsp3) is 1.00. The SMILES string of the molecule is CCC(C)C1CN(CCC2CCC(C)CC2)CCCN1. The summed E-state index contributed by atoms with van der Waals surface area (Å²) < 4.78 is 0. The van der Waals surface area contributed by atoms with E-state index in [0.29, 0.717) is 6.04 Å². The van der Waals surface area contributed by atoms with Crippen molar-refractivity contribution in [2.45, 2.75) is 71.8 Å². The molecule has 2 unspecified atom stereocenters. The van der Waals surface area contributed by atoms with Crippen LogP contribution >= 0.6 is 0 Å². The summed E-state index contributed by atoms with van der Waals surface area (Å²) in [6.07, 6.45) is 9.99. The molecule has 0 aromatic heterocycles. The maximum absolute atomic E-state index is 3.76. The van der Waals surface area contributed by atoms with E-state index >= 15 is 0 Å². The zero-order valence-electron chi connectivity index (χ0n) is 14.0. The lowest BCUT2D eigenvalue weighted by atomic mass is 9.81. The minimum atomic E-state index is 0.717. The van der Waals surface area contributed by atoms with Crippen molar-refractivity contribution in [3.05, 3.63) is 0 Å². The molecule has 20 heavy (non-hydrogen) atoms. The van der Waals surface area contributed by atoms with E-state index in [2.05, 4.69) is 31.0 Å². The van der Waals surface area contributed by atoms with E-state index in [-0.39, 0.29) is 0 Å². The maximum Gasteiger partial charge on any atom is 0.0220 e. The van der Waals surface area contributed by atoms with Crippen molar-refractivity contribution in [1.29, 1.82) is 0 Å². The first-order valence-electron chi connectivity index (χ1n) is 9.14. The summed E-state index contributed by atoms with van der Waals surface area (Å²) >= 11 is 0. The highest BCUT2D eigenvalue weighted by molar-refractivity contribution is 4.81. The van der Waals surface area contributed by atoms with Crippen molar-refractivity contribution in [3.63, 3.8) is 0 Å². The van der Waals surface area contributed by atoms with Gasteiger partial charge in [0.15, 0.2) is 0 Å². The van der Waals surface area contributed by atoms with Crippen molar-refractivity contribution >= 4 is 0 Å². The molecule has 2 atom stereocenters. The number of rotatable bonds is 5. The second-order valence-electron chi connectivity index (χ2n) is 7.51. The molecule has 2 aliphatic rings. The Labute approximate surface area is 126 Å². The Morgan fingerprint density at radius 2 is 1.95 bits per heavy atom. The second kappa shape index (κ2) is 8.38. The molecule has 2 nitrogen and oxygen atoms in total. The first kappa shape index (κ1) is 16.3. The van der Waals surface area contributed by atoms with Crippen molar-refractivity contribution in [3.8, 4) is 0 Å². The molecule has 2 fully saturated rings. The van der Waals surface area contributed by atoms with Crippen LogP contribution in [0.15, 0.2) is 0 Å². The fourth-order valence-corrected chi connectivity index (χ4v) is 3.88. The van der Waals surface area contributed by atoms with E-state index in [9.17, 15) is 0 Å². The van der Waals surface area contributed by atoms with Gasteiger partial charge in [-0.2, -0.15) is 0 Å². The van der Waals surface area contributed by atoms with Crippen LogP contribution in [0.25, 0.3) is 0 Å². The molecule has 0 radical (unpaired) electrons. The molecule has 118 valence electrons. The third-order valence-electron chi connectivity index (χ3n) is 5.83. The van der Waals surface area contributed by atoms with E-state index in [4.69, 9.17) is 0 Å². The van der Waals surface area contributed by atoms with Crippen LogP contribution in [0.1, 0.15) is 65.7 Å². The molecule has 0 aromatic carbocycles. The average molecular weight is 280 g/mol. The van der Waals surface area contributed by atoms with E-state index in [1.807, 2.05) is 0 Å². The number of hydrogen-bond acceptors (Lipinski definition) is 2. The molecule has 2 rings (SSSR count). The largest absolute Gasteiger partial charge is 0.312 e. The van der Waals surface area contributed by atoms with Gasteiger partial charge in [-0.1, -0.05) is 52.9 Å². The molecule has 1 saturated heterocycles. The molecule has 1 aliphatic carbocycles. The molecule has 1 saturated carbocycles. The Morgan fingerprint density at radius 1 is 1.20 bits per heavy atom. The highest BCUT2D eigenvalue weighted by Crippen LogP contribution is 2.30. The minimum absolute atomic E-state index is 0.717. The molecule has 0 aromatic rings. The number of nitrogens with one attached hydrogen (secondary N) is 1. The molecular formula is C18H36N2. The lowest BCUT2D eigenvalue weighted by Crippen LogP contribution is -2.42. The minimum Gasteiger partial charge on any atom is -0.312 e. The monoisotopic (exact) mass is 280 g/mol. The smallest absolute Gasteiger partial charge is 0.0220 e. The van der Waals surface area contributed by atoms with Gasteiger partial charge in [0, 0.05) is 12.6 Å².